The van der Waals surface area contributed by atoms with Crippen molar-refractivity contribution in [3.63, 3.8) is 0 Å². The van der Waals surface area contributed by atoms with Gasteiger partial charge in [0.15, 0.2) is 11.7 Å². The van der Waals surface area contributed by atoms with E-state index in [1.807, 2.05) is 68.4 Å². The third-order valence-electron chi connectivity index (χ3n) is 4.24. The Morgan fingerprint density at radius 2 is 1.93 bits per heavy atom. The van der Waals surface area contributed by atoms with Gasteiger partial charge in [-0.2, -0.15) is 0 Å². The van der Waals surface area contributed by atoms with E-state index in [2.05, 4.69) is 4.98 Å². The summed E-state index contributed by atoms with van der Waals surface area (Å²) < 4.78 is 12.0. The number of hydrogen-bond donors (Lipinski definition) is 0. The topological polar surface area (TPSA) is 54.9 Å². The smallest absolute Gasteiger partial charge is 0.266 e. The minimum atomic E-state index is -0.116. The summed E-state index contributed by atoms with van der Waals surface area (Å²) in [6.07, 6.45) is 0. The lowest BCUT2D eigenvalue weighted by atomic mass is 10.2. The molecule has 0 saturated carbocycles. The van der Waals surface area contributed by atoms with Crippen LogP contribution in [0.5, 0.6) is 11.5 Å². The number of benzene rings is 2. The van der Waals surface area contributed by atoms with E-state index in [9.17, 15) is 4.79 Å². The monoisotopic (exact) mass is 399 g/mol. The first-order valence-electron chi connectivity index (χ1n) is 9.05. The number of ether oxygens (including phenoxy) is 2. The van der Waals surface area contributed by atoms with Gasteiger partial charge in [-0.3, -0.25) is 9.69 Å². The molecule has 0 radical (unpaired) electrons. The van der Waals surface area contributed by atoms with Gasteiger partial charge in [0.25, 0.3) is 5.91 Å². The standard InChI is InChI=1S/C21H25N3O3S/c1-15-6-5-7-17(12-15)27-14-20(25)24(11-10-23(2)3)21-22-18-9-8-16(26-4)13-19(18)28-21/h5-9,12-13H,10-11,14H2,1-4H3. The maximum Gasteiger partial charge on any atom is 0.266 e. The molecular weight excluding hydrogens is 374 g/mol. The molecule has 28 heavy (non-hydrogen) atoms. The van der Waals surface area contributed by atoms with Crippen LogP contribution in [0.4, 0.5) is 5.13 Å². The van der Waals surface area contributed by atoms with Crippen LogP contribution in [0.15, 0.2) is 42.5 Å². The highest BCUT2D eigenvalue weighted by molar-refractivity contribution is 7.22. The first kappa shape index (κ1) is 20.1. The average Bonchev–Trinajstić information content (AvgIpc) is 3.09. The van der Waals surface area contributed by atoms with Gasteiger partial charge in [0.2, 0.25) is 0 Å². The number of fused-ring (bicyclic) bond motifs is 1. The number of nitrogens with zero attached hydrogens (tertiary/aromatic N) is 3. The Bertz CT molecular complexity index is 955. The van der Waals surface area contributed by atoms with E-state index in [1.165, 1.54) is 11.3 Å². The van der Waals surface area contributed by atoms with Crippen LogP contribution in [-0.4, -0.2) is 56.7 Å². The number of carbonyl (C=O) groups is 1. The summed E-state index contributed by atoms with van der Waals surface area (Å²) in [7, 11) is 5.60. The molecule has 3 aromatic rings. The van der Waals surface area contributed by atoms with Crippen molar-refractivity contribution < 1.29 is 14.3 Å². The molecule has 0 aliphatic heterocycles. The highest BCUT2D eigenvalue weighted by Crippen LogP contribution is 2.31. The fourth-order valence-corrected chi connectivity index (χ4v) is 3.73. The Kier molecular flexibility index (Phi) is 6.49. The van der Waals surface area contributed by atoms with Gasteiger partial charge in [0.05, 0.1) is 17.3 Å². The van der Waals surface area contributed by atoms with E-state index in [0.717, 1.165) is 28.1 Å². The average molecular weight is 400 g/mol. The summed E-state index contributed by atoms with van der Waals surface area (Å²) >= 11 is 1.48. The van der Waals surface area contributed by atoms with Gasteiger partial charge in [-0.1, -0.05) is 23.5 Å². The van der Waals surface area contributed by atoms with Crippen LogP contribution in [0.25, 0.3) is 10.2 Å². The van der Waals surface area contributed by atoms with Gasteiger partial charge < -0.3 is 14.4 Å². The number of aryl methyl sites for hydroxylation is 1. The predicted molar refractivity (Wildman–Crippen MR) is 114 cm³/mol. The molecule has 1 amide bonds. The summed E-state index contributed by atoms with van der Waals surface area (Å²) in [6.45, 7) is 3.24. The van der Waals surface area contributed by atoms with E-state index < -0.39 is 0 Å². The number of methoxy groups -OCH3 is 1. The molecule has 2 aromatic carbocycles. The highest BCUT2D eigenvalue weighted by atomic mass is 32.1. The molecule has 0 unspecified atom stereocenters. The van der Waals surface area contributed by atoms with Crippen LogP contribution in [-0.2, 0) is 4.79 Å². The number of anilines is 1. The molecule has 6 nitrogen and oxygen atoms in total. The van der Waals surface area contributed by atoms with Crippen molar-refractivity contribution in [3.05, 3.63) is 48.0 Å². The maximum absolute atomic E-state index is 12.9. The summed E-state index contributed by atoms with van der Waals surface area (Å²) in [5, 5.41) is 0.669. The van der Waals surface area contributed by atoms with Gasteiger partial charge in [0.1, 0.15) is 11.5 Å². The second-order valence-electron chi connectivity index (χ2n) is 6.78. The Hall–Kier alpha value is -2.64. The lowest BCUT2D eigenvalue weighted by Crippen LogP contribution is -2.39. The Morgan fingerprint density at radius 3 is 2.64 bits per heavy atom. The summed E-state index contributed by atoms with van der Waals surface area (Å²) in [5.41, 5.74) is 1.94. The van der Waals surface area contributed by atoms with Crippen LogP contribution in [0.1, 0.15) is 5.56 Å². The zero-order valence-corrected chi connectivity index (χ0v) is 17.5. The SMILES string of the molecule is COc1ccc2nc(N(CCN(C)C)C(=O)COc3cccc(C)c3)sc2c1. The molecule has 3 rings (SSSR count). The van der Waals surface area contributed by atoms with E-state index in [1.54, 1.807) is 12.0 Å². The first-order chi connectivity index (χ1) is 13.5. The normalized spacial score (nSPS) is 11.0. The molecule has 0 spiro atoms. The second kappa shape index (κ2) is 9.03. The van der Waals surface area contributed by atoms with E-state index in [4.69, 9.17) is 9.47 Å². The van der Waals surface area contributed by atoms with Gasteiger partial charge in [-0.25, -0.2) is 4.98 Å². The van der Waals surface area contributed by atoms with Crippen LogP contribution in [0.3, 0.4) is 0 Å². The number of amides is 1. The van der Waals surface area contributed by atoms with Crippen LogP contribution in [0, 0.1) is 6.92 Å². The lowest BCUT2D eigenvalue weighted by Gasteiger charge is -2.22. The maximum atomic E-state index is 12.9. The van der Waals surface area contributed by atoms with E-state index in [0.29, 0.717) is 17.4 Å². The molecule has 0 fully saturated rings. The van der Waals surface area contributed by atoms with Crippen molar-refractivity contribution >= 4 is 32.6 Å². The zero-order valence-electron chi connectivity index (χ0n) is 16.6. The fraction of sp³-hybridized carbons (Fsp3) is 0.333. The molecule has 1 heterocycles. The van der Waals surface area contributed by atoms with Crippen molar-refractivity contribution in [1.82, 2.24) is 9.88 Å². The molecular formula is C21H25N3O3S. The van der Waals surface area contributed by atoms with Gasteiger partial charge in [0, 0.05) is 13.1 Å². The number of thiazole rings is 1. The summed E-state index contributed by atoms with van der Waals surface area (Å²) in [6, 6.07) is 13.4. The fourth-order valence-electron chi connectivity index (χ4n) is 2.69. The van der Waals surface area contributed by atoms with Crippen molar-refractivity contribution in [1.29, 1.82) is 0 Å². The molecule has 0 N–H and O–H groups in total. The third-order valence-corrected chi connectivity index (χ3v) is 5.28. The minimum absolute atomic E-state index is 0.0316. The van der Waals surface area contributed by atoms with Gasteiger partial charge in [-0.05, 0) is 56.9 Å². The largest absolute Gasteiger partial charge is 0.497 e. The third kappa shape index (κ3) is 4.99. The molecule has 148 valence electrons. The molecule has 0 atom stereocenters. The quantitative estimate of drug-likeness (QED) is 0.579. The number of likely N-dealkylation sites (N-methyl/N-ethyl adjacent to an activating group) is 1. The number of carbonyl (C=O) groups excluding carboxylic acids is 1. The molecule has 0 saturated heterocycles. The van der Waals surface area contributed by atoms with Crippen molar-refractivity contribution in [2.45, 2.75) is 6.92 Å². The second-order valence-corrected chi connectivity index (χ2v) is 7.79. The highest BCUT2D eigenvalue weighted by Gasteiger charge is 2.20. The van der Waals surface area contributed by atoms with Crippen LogP contribution >= 0.6 is 11.3 Å². The molecule has 0 aliphatic carbocycles. The number of rotatable bonds is 8. The molecule has 1 aromatic heterocycles. The molecule has 0 aliphatic rings. The van der Waals surface area contributed by atoms with Crippen LogP contribution < -0.4 is 14.4 Å². The number of aromatic nitrogens is 1. The Balaban J connectivity index is 1.80. The predicted octanol–water partition coefficient (Wildman–Crippen LogP) is 3.59. The van der Waals surface area contributed by atoms with Gasteiger partial charge in [-0.15, -0.1) is 0 Å². The number of hydrogen-bond acceptors (Lipinski definition) is 6. The zero-order chi connectivity index (χ0) is 20.1. The van der Waals surface area contributed by atoms with Crippen molar-refractivity contribution in [2.75, 3.05) is 45.8 Å². The van der Waals surface area contributed by atoms with E-state index >= 15 is 0 Å². The first-order valence-corrected chi connectivity index (χ1v) is 9.87. The van der Waals surface area contributed by atoms with Crippen LogP contribution in [0.2, 0.25) is 0 Å². The molecule has 7 heteroatoms. The summed E-state index contributed by atoms with van der Waals surface area (Å²) in [4.78, 5) is 21.3. The van der Waals surface area contributed by atoms with Gasteiger partial charge >= 0.3 is 0 Å². The minimum Gasteiger partial charge on any atom is -0.497 e. The van der Waals surface area contributed by atoms with E-state index in [-0.39, 0.29) is 12.5 Å². The summed E-state index contributed by atoms with van der Waals surface area (Å²) in [5.74, 6) is 1.35. The lowest BCUT2D eigenvalue weighted by molar-refractivity contribution is -0.120. The Labute approximate surface area is 169 Å². The van der Waals surface area contributed by atoms with Crippen molar-refractivity contribution in [2.24, 2.45) is 0 Å². The van der Waals surface area contributed by atoms with Crippen molar-refractivity contribution in [3.8, 4) is 11.5 Å². The Morgan fingerprint density at radius 1 is 1.11 bits per heavy atom. The molecule has 0 bridgehead atoms.